The molecule has 0 heterocycles. The number of aryl methyl sites for hydroxylation is 2. The van der Waals surface area contributed by atoms with Crippen LogP contribution in [0.5, 0.6) is 17.2 Å². The standard InChI is InChI=1S/C22H25I2NO3/c1-13-9-17(12-18(23)21(13)27)28-22-14(2)8-15(10-19(22)24)11-20(26)25-16-6-4-3-5-7-16/h8-10,12,16,27H,3-7,11H2,1-2H3,(H,25,26). The van der Waals surface area contributed by atoms with Crippen molar-refractivity contribution in [1.29, 1.82) is 0 Å². The molecule has 0 aromatic heterocycles. The van der Waals surface area contributed by atoms with Crippen LogP contribution < -0.4 is 10.1 Å². The van der Waals surface area contributed by atoms with Gasteiger partial charge in [-0.3, -0.25) is 4.79 Å². The molecule has 0 bridgehead atoms. The molecule has 0 spiro atoms. The lowest BCUT2D eigenvalue weighted by Crippen LogP contribution is -2.37. The van der Waals surface area contributed by atoms with E-state index in [2.05, 4.69) is 50.5 Å². The number of carbonyl (C=O) groups is 1. The molecule has 0 atom stereocenters. The van der Waals surface area contributed by atoms with Gasteiger partial charge in [-0.25, -0.2) is 0 Å². The fourth-order valence-electron chi connectivity index (χ4n) is 3.63. The Morgan fingerprint density at radius 3 is 2.43 bits per heavy atom. The van der Waals surface area contributed by atoms with Crippen LogP contribution in [0.3, 0.4) is 0 Å². The highest BCUT2D eigenvalue weighted by Gasteiger charge is 2.17. The smallest absolute Gasteiger partial charge is 0.224 e. The van der Waals surface area contributed by atoms with Gasteiger partial charge in [0, 0.05) is 6.04 Å². The first kappa shape index (κ1) is 21.7. The monoisotopic (exact) mass is 605 g/mol. The highest BCUT2D eigenvalue weighted by Crippen LogP contribution is 2.35. The molecule has 1 saturated carbocycles. The van der Waals surface area contributed by atoms with Crippen LogP contribution in [-0.2, 0) is 11.2 Å². The van der Waals surface area contributed by atoms with Gasteiger partial charge in [0.05, 0.1) is 13.6 Å². The van der Waals surface area contributed by atoms with Crippen LogP contribution in [0.1, 0.15) is 48.8 Å². The zero-order valence-electron chi connectivity index (χ0n) is 16.1. The van der Waals surface area contributed by atoms with E-state index in [0.717, 1.165) is 42.4 Å². The highest BCUT2D eigenvalue weighted by atomic mass is 127. The van der Waals surface area contributed by atoms with E-state index >= 15 is 0 Å². The van der Waals surface area contributed by atoms with E-state index in [-0.39, 0.29) is 5.91 Å². The Balaban J connectivity index is 1.71. The minimum atomic E-state index is 0.0967. The molecule has 150 valence electrons. The summed E-state index contributed by atoms with van der Waals surface area (Å²) in [5.74, 6) is 1.87. The molecule has 2 N–H and O–H groups in total. The van der Waals surface area contributed by atoms with E-state index in [1.54, 1.807) is 0 Å². The van der Waals surface area contributed by atoms with Crippen molar-refractivity contribution >= 4 is 51.1 Å². The Hall–Kier alpha value is -1.03. The first-order chi connectivity index (χ1) is 13.3. The summed E-state index contributed by atoms with van der Waals surface area (Å²) in [5.41, 5.74) is 2.78. The van der Waals surface area contributed by atoms with Gasteiger partial charge >= 0.3 is 0 Å². The maximum Gasteiger partial charge on any atom is 0.224 e. The number of amides is 1. The number of benzene rings is 2. The maximum absolute atomic E-state index is 12.4. The molecule has 0 saturated heterocycles. The molecule has 0 radical (unpaired) electrons. The van der Waals surface area contributed by atoms with Crippen LogP contribution >= 0.6 is 45.2 Å². The summed E-state index contributed by atoms with van der Waals surface area (Å²) < 4.78 is 7.85. The molecule has 1 fully saturated rings. The van der Waals surface area contributed by atoms with Crippen LogP contribution in [0, 0.1) is 21.0 Å². The van der Waals surface area contributed by atoms with Crippen molar-refractivity contribution < 1.29 is 14.6 Å². The van der Waals surface area contributed by atoms with Crippen molar-refractivity contribution in [2.24, 2.45) is 0 Å². The number of rotatable bonds is 5. The molecule has 1 aliphatic rings. The summed E-state index contributed by atoms with van der Waals surface area (Å²) in [6.45, 7) is 3.86. The van der Waals surface area contributed by atoms with Gasteiger partial charge in [-0.15, -0.1) is 0 Å². The zero-order valence-corrected chi connectivity index (χ0v) is 20.5. The number of phenolic OH excluding ortho intramolecular Hbond substituents is 1. The van der Waals surface area contributed by atoms with Crippen molar-refractivity contribution in [1.82, 2.24) is 5.32 Å². The molecule has 1 aliphatic carbocycles. The van der Waals surface area contributed by atoms with Gasteiger partial charge in [0.1, 0.15) is 17.2 Å². The molecular formula is C22H25I2NO3. The molecule has 28 heavy (non-hydrogen) atoms. The van der Waals surface area contributed by atoms with E-state index in [1.165, 1.54) is 19.3 Å². The summed E-state index contributed by atoms with van der Waals surface area (Å²) in [5, 5.41) is 13.1. The quantitative estimate of drug-likeness (QED) is 0.412. The lowest BCUT2D eigenvalue weighted by molar-refractivity contribution is -0.121. The Kier molecular flexibility index (Phi) is 7.47. The zero-order chi connectivity index (χ0) is 20.3. The van der Waals surface area contributed by atoms with E-state index in [9.17, 15) is 9.90 Å². The second-order valence-electron chi connectivity index (χ2n) is 7.48. The summed E-state index contributed by atoms with van der Waals surface area (Å²) in [6.07, 6.45) is 6.29. The Bertz CT molecular complexity index is 830. The third-order valence-electron chi connectivity index (χ3n) is 5.07. The largest absolute Gasteiger partial charge is 0.507 e. The Labute approximate surface area is 193 Å². The Morgan fingerprint density at radius 2 is 1.79 bits per heavy atom. The van der Waals surface area contributed by atoms with E-state index < -0.39 is 0 Å². The lowest BCUT2D eigenvalue weighted by atomic mass is 9.95. The van der Waals surface area contributed by atoms with Gasteiger partial charge in [-0.1, -0.05) is 25.3 Å². The van der Waals surface area contributed by atoms with Crippen LogP contribution in [0.4, 0.5) is 0 Å². The van der Waals surface area contributed by atoms with Gasteiger partial charge in [0.15, 0.2) is 0 Å². The van der Waals surface area contributed by atoms with Crippen molar-refractivity contribution in [2.75, 3.05) is 0 Å². The molecule has 4 nitrogen and oxygen atoms in total. The predicted molar refractivity (Wildman–Crippen MR) is 128 cm³/mol. The highest BCUT2D eigenvalue weighted by molar-refractivity contribution is 14.1. The average molecular weight is 605 g/mol. The van der Waals surface area contributed by atoms with Crippen molar-refractivity contribution in [3.63, 3.8) is 0 Å². The molecule has 6 heteroatoms. The SMILES string of the molecule is Cc1cc(Oc2c(C)cc(CC(=O)NC3CCCCC3)cc2I)cc(I)c1O. The van der Waals surface area contributed by atoms with Crippen molar-refractivity contribution in [3.8, 4) is 17.2 Å². The normalized spacial score (nSPS) is 14.7. The number of halogens is 2. The molecule has 2 aromatic rings. The number of aromatic hydroxyl groups is 1. The maximum atomic E-state index is 12.4. The van der Waals surface area contributed by atoms with Crippen LogP contribution in [0.25, 0.3) is 0 Å². The van der Waals surface area contributed by atoms with E-state index in [4.69, 9.17) is 4.74 Å². The molecule has 2 aromatic carbocycles. The summed E-state index contributed by atoms with van der Waals surface area (Å²) in [7, 11) is 0. The van der Waals surface area contributed by atoms with Crippen molar-refractivity contribution in [2.45, 2.75) is 58.4 Å². The van der Waals surface area contributed by atoms with Gasteiger partial charge < -0.3 is 15.2 Å². The van der Waals surface area contributed by atoms with Gasteiger partial charge in [0.2, 0.25) is 5.91 Å². The number of ether oxygens (including phenoxy) is 1. The number of hydrogen-bond acceptors (Lipinski definition) is 3. The first-order valence-corrected chi connectivity index (χ1v) is 11.7. The fraction of sp³-hybridized carbons (Fsp3) is 0.409. The van der Waals surface area contributed by atoms with Crippen LogP contribution in [-0.4, -0.2) is 17.1 Å². The molecular weight excluding hydrogens is 580 g/mol. The topological polar surface area (TPSA) is 58.6 Å². The van der Waals surface area contributed by atoms with E-state index in [1.807, 2.05) is 38.1 Å². The number of carbonyl (C=O) groups excluding carboxylic acids is 1. The average Bonchev–Trinajstić information content (AvgIpc) is 2.63. The molecule has 0 unspecified atom stereocenters. The third kappa shape index (κ3) is 5.52. The van der Waals surface area contributed by atoms with Crippen molar-refractivity contribution in [3.05, 3.63) is 48.1 Å². The second kappa shape index (κ2) is 9.65. The molecule has 0 aliphatic heterocycles. The first-order valence-electron chi connectivity index (χ1n) is 9.59. The van der Waals surface area contributed by atoms with E-state index in [0.29, 0.717) is 24.0 Å². The van der Waals surface area contributed by atoms with Crippen LogP contribution in [0.15, 0.2) is 24.3 Å². The summed E-state index contributed by atoms with van der Waals surface area (Å²) >= 11 is 4.36. The second-order valence-corrected chi connectivity index (χ2v) is 9.80. The van der Waals surface area contributed by atoms with Crippen LogP contribution in [0.2, 0.25) is 0 Å². The van der Waals surface area contributed by atoms with Gasteiger partial charge in [-0.05, 0) is 107 Å². The number of phenols is 1. The summed E-state index contributed by atoms with van der Waals surface area (Å²) in [4.78, 5) is 12.4. The molecule has 3 rings (SSSR count). The fourth-order valence-corrected chi connectivity index (χ4v) is 5.29. The lowest BCUT2D eigenvalue weighted by Gasteiger charge is -2.23. The summed E-state index contributed by atoms with van der Waals surface area (Å²) in [6, 6.07) is 8.03. The number of nitrogens with one attached hydrogen (secondary N) is 1. The predicted octanol–water partition coefficient (Wildman–Crippen LogP) is 6.00. The van der Waals surface area contributed by atoms with Gasteiger partial charge in [0.25, 0.3) is 0 Å². The number of hydrogen-bond donors (Lipinski definition) is 2. The Morgan fingerprint density at radius 1 is 1.07 bits per heavy atom. The molecule has 1 amide bonds. The minimum absolute atomic E-state index is 0.0967. The third-order valence-corrected chi connectivity index (χ3v) is 6.70. The minimum Gasteiger partial charge on any atom is -0.507 e. The van der Waals surface area contributed by atoms with Gasteiger partial charge in [-0.2, -0.15) is 0 Å².